The van der Waals surface area contributed by atoms with Crippen molar-refractivity contribution in [1.82, 2.24) is 5.32 Å². The molecule has 0 saturated heterocycles. The van der Waals surface area contributed by atoms with Crippen molar-refractivity contribution < 1.29 is 20.1 Å². The summed E-state index contributed by atoms with van der Waals surface area (Å²) in [7, 11) is 0. The van der Waals surface area contributed by atoms with Crippen molar-refractivity contribution in [3.8, 4) is 0 Å². The summed E-state index contributed by atoms with van der Waals surface area (Å²) >= 11 is 0. The summed E-state index contributed by atoms with van der Waals surface area (Å²) in [6.45, 7) is 0.434. The highest BCUT2D eigenvalue weighted by Gasteiger charge is 2.29. The highest BCUT2D eigenvalue weighted by Crippen LogP contribution is 2.28. The third-order valence-corrected chi connectivity index (χ3v) is 2.84. The molecule has 2 aliphatic rings. The Morgan fingerprint density at radius 1 is 1.47 bits per heavy atom. The minimum Gasteiger partial charge on any atom is -0.510 e. The van der Waals surface area contributed by atoms with E-state index in [1.165, 1.54) is 6.08 Å². The van der Waals surface area contributed by atoms with Gasteiger partial charge in [-0.25, -0.2) is 0 Å². The molecule has 5 nitrogen and oxygen atoms in total. The van der Waals surface area contributed by atoms with Crippen LogP contribution in [0.4, 0.5) is 0 Å². The standard InChI is InChI=1S/C10H13NO4/c12-8-2-5-1-7(10(14)15)11-4-6(5)3-9(8)13/h3,7-8,11-13H,1-2,4H2,(H,14,15)/t7-,8?/m0/s1. The summed E-state index contributed by atoms with van der Waals surface area (Å²) in [6.07, 6.45) is 1.37. The number of carboxylic acids is 1. The van der Waals surface area contributed by atoms with Gasteiger partial charge in [0.05, 0.1) is 0 Å². The fourth-order valence-corrected chi connectivity index (χ4v) is 1.96. The molecule has 0 saturated carbocycles. The van der Waals surface area contributed by atoms with Crippen LogP contribution >= 0.6 is 0 Å². The smallest absolute Gasteiger partial charge is 0.321 e. The fraction of sp³-hybridized carbons (Fsp3) is 0.500. The van der Waals surface area contributed by atoms with E-state index < -0.39 is 18.1 Å². The lowest BCUT2D eigenvalue weighted by molar-refractivity contribution is -0.139. The van der Waals surface area contributed by atoms with E-state index >= 15 is 0 Å². The molecule has 2 rings (SSSR count). The largest absolute Gasteiger partial charge is 0.510 e. The fourth-order valence-electron chi connectivity index (χ4n) is 1.96. The quantitative estimate of drug-likeness (QED) is 0.487. The van der Waals surface area contributed by atoms with Crippen LogP contribution in [0.2, 0.25) is 0 Å². The molecule has 15 heavy (non-hydrogen) atoms. The van der Waals surface area contributed by atoms with Gasteiger partial charge < -0.3 is 20.6 Å². The molecule has 0 radical (unpaired) electrons. The zero-order valence-electron chi connectivity index (χ0n) is 8.10. The van der Waals surface area contributed by atoms with Crippen LogP contribution in [0.5, 0.6) is 0 Å². The average molecular weight is 211 g/mol. The topological polar surface area (TPSA) is 89.8 Å². The molecule has 0 aromatic heterocycles. The second kappa shape index (κ2) is 3.67. The number of carboxylic acid groups (broad SMARTS) is 1. The van der Waals surface area contributed by atoms with E-state index in [-0.39, 0.29) is 5.76 Å². The van der Waals surface area contributed by atoms with Crippen LogP contribution in [0.15, 0.2) is 23.0 Å². The molecule has 0 aromatic rings. The number of aliphatic hydroxyl groups excluding tert-OH is 2. The molecular formula is C10H13NO4. The second-order valence-electron chi connectivity index (χ2n) is 3.89. The van der Waals surface area contributed by atoms with E-state index in [0.29, 0.717) is 19.4 Å². The van der Waals surface area contributed by atoms with Crippen LogP contribution in [0.1, 0.15) is 12.8 Å². The predicted molar refractivity (Wildman–Crippen MR) is 52.4 cm³/mol. The van der Waals surface area contributed by atoms with Gasteiger partial charge in [-0.2, -0.15) is 0 Å². The van der Waals surface area contributed by atoms with Crippen LogP contribution in [0.25, 0.3) is 0 Å². The third-order valence-electron chi connectivity index (χ3n) is 2.84. The number of carbonyl (C=O) groups is 1. The lowest BCUT2D eigenvalue weighted by Crippen LogP contribution is -2.42. The van der Waals surface area contributed by atoms with Gasteiger partial charge in [-0.15, -0.1) is 0 Å². The minimum atomic E-state index is -0.880. The first kappa shape index (κ1) is 10.2. The van der Waals surface area contributed by atoms with Crippen molar-refractivity contribution in [3.63, 3.8) is 0 Å². The molecule has 4 N–H and O–H groups in total. The molecule has 1 unspecified atom stereocenters. The third kappa shape index (κ3) is 1.88. The Balaban J connectivity index is 2.19. The van der Waals surface area contributed by atoms with Crippen LogP contribution < -0.4 is 5.32 Å². The van der Waals surface area contributed by atoms with E-state index in [9.17, 15) is 15.0 Å². The van der Waals surface area contributed by atoms with Crippen molar-refractivity contribution >= 4 is 5.97 Å². The SMILES string of the molecule is O=C(O)[C@@H]1CC2=C(C=C(O)C(O)C2)CN1. The monoisotopic (exact) mass is 211 g/mol. The number of aliphatic carboxylic acids is 1. The summed E-state index contributed by atoms with van der Waals surface area (Å²) in [5, 5.41) is 30.4. The van der Waals surface area contributed by atoms with Crippen LogP contribution in [0, 0.1) is 0 Å². The lowest BCUT2D eigenvalue weighted by atomic mass is 9.87. The molecule has 0 fully saturated rings. The highest BCUT2D eigenvalue weighted by atomic mass is 16.4. The number of hydrogen-bond donors (Lipinski definition) is 4. The van der Waals surface area contributed by atoms with Gasteiger partial charge in [-0.05, 0) is 18.1 Å². The lowest BCUT2D eigenvalue weighted by Gasteiger charge is -2.29. The Bertz CT molecular complexity index is 358. The molecule has 1 aliphatic carbocycles. The van der Waals surface area contributed by atoms with E-state index in [1.807, 2.05) is 0 Å². The summed E-state index contributed by atoms with van der Waals surface area (Å²) < 4.78 is 0. The maximum Gasteiger partial charge on any atom is 0.321 e. The van der Waals surface area contributed by atoms with Crippen LogP contribution in [-0.4, -0.2) is 40.0 Å². The zero-order valence-corrected chi connectivity index (χ0v) is 8.10. The number of nitrogens with one attached hydrogen (secondary N) is 1. The summed E-state index contributed by atoms with van der Waals surface area (Å²) in [6, 6.07) is -0.579. The zero-order chi connectivity index (χ0) is 11.0. The van der Waals surface area contributed by atoms with Gasteiger partial charge in [0.25, 0.3) is 0 Å². The highest BCUT2D eigenvalue weighted by molar-refractivity contribution is 5.74. The predicted octanol–water partition coefficient (Wildman–Crippen LogP) is -0.0640. The molecule has 2 atom stereocenters. The Kier molecular flexibility index (Phi) is 2.50. The van der Waals surface area contributed by atoms with Gasteiger partial charge >= 0.3 is 5.97 Å². The molecule has 0 spiro atoms. The van der Waals surface area contributed by atoms with Gasteiger partial charge in [-0.3, -0.25) is 4.79 Å². The summed E-state index contributed by atoms with van der Waals surface area (Å²) in [4.78, 5) is 10.8. The molecule has 82 valence electrons. The Hall–Kier alpha value is -1.33. The van der Waals surface area contributed by atoms with Gasteiger partial charge in [-0.1, -0.05) is 5.57 Å². The Labute approximate surface area is 86.7 Å². The Morgan fingerprint density at radius 2 is 2.20 bits per heavy atom. The first-order valence-electron chi connectivity index (χ1n) is 4.83. The number of rotatable bonds is 1. The van der Waals surface area contributed by atoms with Crippen molar-refractivity contribution in [2.45, 2.75) is 25.0 Å². The van der Waals surface area contributed by atoms with E-state index in [1.54, 1.807) is 0 Å². The maximum absolute atomic E-state index is 10.8. The molecule has 0 amide bonds. The molecule has 1 aliphatic heterocycles. The summed E-state index contributed by atoms with van der Waals surface area (Å²) in [5.74, 6) is -0.917. The van der Waals surface area contributed by atoms with Crippen molar-refractivity contribution in [2.24, 2.45) is 0 Å². The molecule has 0 bridgehead atoms. The van der Waals surface area contributed by atoms with Crippen LogP contribution in [0.3, 0.4) is 0 Å². The van der Waals surface area contributed by atoms with Gasteiger partial charge in [0.2, 0.25) is 0 Å². The van der Waals surface area contributed by atoms with Gasteiger partial charge in [0.15, 0.2) is 0 Å². The Morgan fingerprint density at radius 3 is 2.87 bits per heavy atom. The first-order valence-corrected chi connectivity index (χ1v) is 4.83. The van der Waals surface area contributed by atoms with E-state index in [2.05, 4.69) is 5.32 Å². The second-order valence-corrected chi connectivity index (χ2v) is 3.89. The number of aliphatic hydroxyl groups is 2. The van der Waals surface area contributed by atoms with Gasteiger partial charge in [0, 0.05) is 13.0 Å². The van der Waals surface area contributed by atoms with Crippen molar-refractivity contribution in [3.05, 3.63) is 23.0 Å². The molecular weight excluding hydrogens is 198 g/mol. The normalized spacial score (nSPS) is 30.9. The van der Waals surface area contributed by atoms with Crippen molar-refractivity contribution in [1.29, 1.82) is 0 Å². The van der Waals surface area contributed by atoms with E-state index in [4.69, 9.17) is 5.11 Å². The summed E-state index contributed by atoms with van der Waals surface area (Å²) in [5.41, 5.74) is 1.82. The van der Waals surface area contributed by atoms with Crippen LogP contribution in [-0.2, 0) is 4.79 Å². The van der Waals surface area contributed by atoms with Gasteiger partial charge in [0.1, 0.15) is 17.9 Å². The number of hydrogen-bond acceptors (Lipinski definition) is 4. The van der Waals surface area contributed by atoms with Crippen molar-refractivity contribution in [2.75, 3.05) is 6.54 Å². The minimum absolute atomic E-state index is 0.0377. The average Bonchev–Trinajstić information content (AvgIpc) is 2.19. The molecule has 5 heteroatoms. The molecule has 0 aromatic carbocycles. The maximum atomic E-state index is 10.8. The molecule has 1 heterocycles. The van der Waals surface area contributed by atoms with E-state index in [0.717, 1.165) is 11.1 Å². The first-order chi connectivity index (χ1) is 7.08.